The molecule has 1 amide bonds. The number of hydrogen-bond donors (Lipinski definition) is 3. The molecule has 1 atom stereocenters. The number of amides is 1. The molecule has 1 saturated heterocycles. The molecule has 0 saturated carbocycles. The smallest absolute Gasteiger partial charge is 0.271 e. The zero-order chi connectivity index (χ0) is 13.9. The molecule has 2 heterocycles. The van der Waals surface area contributed by atoms with Crippen LogP contribution >= 0.6 is 0 Å². The Hall–Kier alpha value is -1.74. The number of hydrazine groups is 1. The number of nitrogens with two attached hydrogens (primary N) is 1. The van der Waals surface area contributed by atoms with Gasteiger partial charge in [-0.3, -0.25) is 4.79 Å². The lowest BCUT2D eigenvalue weighted by atomic mass is 10.1. The van der Waals surface area contributed by atoms with Gasteiger partial charge in [0.25, 0.3) is 5.91 Å². The lowest BCUT2D eigenvalue weighted by molar-refractivity contribution is 0.0943. The molecule has 1 aliphatic rings. The number of carbonyl (C=O) groups excluding carboxylic acids is 1. The van der Waals surface area contributed by atoms with Crippen molar-refractivity contribution >= 4 is 21.6 Å². The van der Waals surface area contributed by atoms with Gasteiger partial charge in [-0.1, -0.05) is 0 Å². The zero-order valence-electron chi connectivity index (χ0n) is 10.2. The highest BCUT2D eigenvalue weighted by atomic mass is 32.2. The molecule has 19 heavy (non-hydrogen) atoms. The van der Waals surface area contributed by atoms with Crippen LogP contribution in [0.3, 0.4) is 0 Å². The van der Waals surface area contributed by atoms with Crippen molar-refractivity contribution in [1.82, 2.24) is 15.3 Å². The molecule has 1 unspecified atom stereocenters. The van der Waals surface area contributed by atoms with Crippen LogP contribution in [-0.4, -0.2) is 42.3 Å². The van der Waals surface area contributed by atoms with Crippen molar-refractivity contribution < 1.29 is 13.2 Å². The topological polar surface area (TPSA) is 127 Å². The van der Waals surface area contributed by atoms with E-state index in [4.69, 9.17) is 5.84 Å². The van der Waals surface area contributed by atoms with E-state index >= 15 is 0 Å². The summed E-state index contributed by atoms with van der Waals surface area (Å²) in [4.78, 5) is 19.5. The first kappa shape index (κ1) is 13.7. The molecule has 8 nitrogen and oxygen atoms in total. The lowest BCUT2D eigenvalue weighted by Gasteiger charge is -2.09. The van der Waals surface area contributed by atoms with E-state index in [9.17, 15) is 13.2 Å². The van der Waals surface area contributed by atoms with Crippen molar-refractivity contribution in [3.05, 3.63) is 18.1 Å². The monoisotopic (exact) mass is 285 g/mol. The molecule has 0 aromatic carbocycles. The number of nitrogens with one attached hydrogen (secondary N) is 2. The summed E-state index contributed by atoms with van der Waals surface area (Å²) in [6.07, 6.45) is 3.23. The van der Waals surface area contributed by atoms with Gasteiger partial charge in [-0.05, 0) is 12.3 Å². The van der Waals surface area contributed by atoms with E-state index in [2.05, 4.69) is 20.7 Å². The third kappa shape index (κ3) is 3.61. The van der Waals surface area contributed by atoms with Crippen LogP contribution in [-0.2, 0) is 9.84 Å². The van der Waals surface area contributed by atoms with E-state index in [0.717, 1.165) is 0 Å². The summed E-state index contributed by atoms with van der Waals surface area (Å²) in [5.74, 6) is 5.43. The second-order valence-corrected chi connectivity index (χ2v) is 6.64. The molecule has 4 N–H and O–H groups in total. The number of rotatable bonds is 4. The van der Waals surface area contributed by atoms with Gasteiger partial charge in [0.2, 0.25) is 0 Å². The van der Waals surface area contributed by atoms with E-state index in [1.54, 1.807) is 0 Å². The van der Waals surface area contributed by atoms with E-state index in [1.807, 2.05) is 0 Å². The fourth-order valence-electron chi connectivity index (χ4n) is 1.88. The van der Waals surface area contributed by atoms with Gasteiger partial charge < -0.3 is 10.7 Å². The van der Waals surface area contributed by atoms with E-state index in [1.165, 1.54) is 12.4 Å². The van der Waals surface area contributed by atoms with Crippen molar-refractivity contribution in [3.63, 3.8) is 0 Å². The predicted molar refractivity (Wildman–Crippen MR) is 68.9 cm³/mol. The second kappa shape index (κ2) is 5.49. The molecule has 1 fully saturated rings. The normalized spacial score (nSPS) is 21.0. The largest absolute Gasteiger partial charge is 0.350 e. The number of anilines is 1. The van der Waals surface area contributed by atoms with Crippen LogP contribution in [0.1, 0.15) is 16.9 Å². The fraction of sp³-hybridized carbons (Fsp3) is 0.500. The third-order valence-electron chi connectivity index (χ3n) is 2.91. The van der Waals surface area contributed by atoms with Gasteiger partial charge in [-0.25, -0.2) is 24.2 Å². The van der Waals surface area contributed by atoms with Crippen molar-refractivity contribution in [2.75, 3.05) is 23.5 Å². The lowest BCUT2D eigenvalue weighted by Crippen LogP contribution is -2.30. The second-order valence-electron chi connectivity index (χ2n) is 4.41. The van der Waals surface area contributed by atoms with Gasteiger partial charge in [0, 0.05) is 6.54 Å². The quantitative estimate of drug-likeness (QED) is 0.474. The van der Waals surface area contributed by atoms with Crippen LogP contribution in [0.2, 0.25) is 0 Å². The summed E-state index contributed by atoms with van der Waals surface area (Å²) in [5, 5.41) is 2.66. The summed E-state index contributed by atoms with van der Waals surface area (Å²) >= 11 is 0. The Morgan fingerprint density at radius 3 is 2.74 bits per heavy atom. The number of nitrogen functional groups attached to an aromatic ring is 1. The first-order valence-corrected chi connectivity index (χ1v) is 7.59. The molecule has 1 aromatic rings. The van der Waals surface area contributed by atoms with E-state index in [-0.39, 0.29) is 29.0 Å². The summed E-state index contributed by atoms with van der Waals surface area (Å²) in [5.41, 5.74) is 2.47. The molecular weight excluding hydrogens is 270 g/mol. The maximum Gasteiger partial charge on any atom is 0.271 e. The molecule has 9 heteroatoms. The number of nitrogens with zero attached hydrogens (tertiary/aromatic N) is 2. The molecule has 0 aliphatic carbocycles. The highest BCUT2D eigenvalue weighted by Gasteiger charge is 2.28. The Bertz CT molecular complexity index is 557. The van der Waals surface area contributed by atoms with Crippen molar-refractivity contribution in [2.24, 2.45) is 11.8 Å². The molecule has 0 bridgehead atoms. The Balaban J connectivity index is 1.87. The van der Waals surface area contributed by atoms with Gasteiger partial charge in [-0.15, -0.1) is 0 Å². The molecule has 104 valence electrons. The maximum atomic E-state index is 11.7. The Labute approximate surface area is 110 Å². The van der Waals surface area contributed by atoms with Crippen molar-refractivity contribution in [1.29, 1.82) is 0 Å². The Morgan fingerprint density at radius 1 is 1.42 bits per heavy atom. The number of hydrogen-bond acceptors (Lipinski definition) is 7. The SMILES string of the molecule is NNc1cnc(C(=O)NCC2CCS(=O)(=O)C2)cn1. The van der Waals surface area contributed by atoms with Crippen molar-refractivity contribution in [3.8, 4) is 0 Å². The van der Waals surface area contributed by atoms with E-state index < -0.39 is 9.84 Å². The molecule has 1 aliphatic heterocycles. The number of aromatic nitrogens is 2. The standard InChI is InChI=1S/C10H15N5O3S/c11-15-9-5-12-8(4-13-9)10(16)14-3-7-1-2-19(17,18)6-7/h4-5,7H,1-3,6,11H2,(H,13,15)(H,14,16). The van der Waals surface area contributed by atoms with Gasteiger partial charge in [-0.2, -0.15) is 0 Å². The highest BCUT2D eigenvalue weighted by molar-refractivity contribution is 7.91. The summed E-state index contributed by atoms with van der Waals surface area (Å²) in [7, 11) is -2.92. The molecular formula is C10H15N5O3S. The predicted octanol–water partition coefficient (Wildman–Crippen LogP) is -1.07. The van der Waals surface area contributed by atoms with Gasteiger partial charge in [0.1, 0.15) is 5.69 Å². The average molecular weight is 285 g/mol. The third-order valence-corrected chi connectivity index (χ3v) is 4.75. The Kier molecular flexibility index (Phi) is 3.96. The summed E-state index contributed by atoms with van der Waals surface area (Å²) in [6.45, 7) is 0.330. The van der Waals surface area contributed by atoms with Crippen LogP contribution in [0.15, 0.2) is 12.4 Å². The molecule has 1 aromatic heterocycles. The number of carbonyl (C=O) groups is 1. The zero-order valence-corrected chi connectivity index (χ0v) is 11.0. The van der Waals surface area contributed by atoms with Gasteiger partial charge in [0.05, 0.1) is 23.9 Å². The Morgan fingerprint density at radius 2 is 2.21 bits per heavy atom. The van der Waals surface area contributed by atoms with Crippen LogP contribution in [0, 0.1) is 5.92 Å². The van der Waals surface area contributed by atoms with Gasteiger partial charge in [0.15, 0.2) is 15.7 Å². The summed E-state index contributed by atoms with van der Waals surface area (Å²) in [6, 6.07) is 0. The number of sulfone groups is 1. The van der Waals surface area contributed by atoms with E-state index in [0.29, 0.717) is 18.8 Å². The minimum absolute atomic E-state index is 0.0214. The molecule has 0 spiro atoms. The van der Waals surface area contributed by atoms with Crippen LogP contribution in [0.4, 0.5) is 5.82 Å². The highest BCUT2D eigenvalue weighted by Crippen LogP contribution is 2.17. The minimum atomic E-state index is -2.92. The van der Waals surface area contributed by atoms with Crippen molar-refractivity contribution in [2.45, 2.75) is 6.42 Å². The fourth-order valence-corrected chi connectivity index (χ4v) is 3.74. The summed E-state index contributed by atoms with van der Waals surface area (Å²) < 4.78 is 22.5. The first-order chi connectivity index (χ1) is 9.00. The molecule has 0 radical (unpaired) electrons. The first-order valence-electron chi connectivity index (χ1n) is 5.77. The average Bonchev–Trinajstić information content (AvgIpc) is 2.76. The molecule has 2 rings (SSSR count). The van der Waals surface area contributed by atoms with Crippen LogP contribution in [0.25, 0.3) is 0 Å². The van der Waals surface area contributed by atoms with Gasteiger partial charge >= 0.3 is 0 Å². The maximum absolute atomic E-state index is 11.7. The van der Waals surface area contributed by atoms with Crippen LogP contribution < -0.4 is 16.6 Å². The van der Waals surface area contributed by atoms with Crippen LogP contribution in [0.5, 0.6) is 0 Å². The minimum Gasteiger partial charge on any atom is -0.350 e.